The first-order valence-electron chi connectivity index (χ1n) is 7.37. The number of aliphatic hydroxyl groups excluding tert-OH is 1. The Morgan fingerprint density at radius 1 is 1.20 bits per heavy atom. The molecular formula is C16H27NO3. The van der Waals surface area contributed by atoms with Crippen LogP contribution in [0.5, 0.6) is 11.5 Å². The van der Waals surface area contributed by atoms with Crippen LogP contribution in [0.3, 0.4) is 0 Å². The molecule has 0 amide bonds. The van der Waals surface area contributed by atoms with E-state index in [1.807, 2.05) is 25.1 Å². The van der Waals surface area contributed by atoms with Gasteiger partial charge in [-0.25, -0.2) is 0 Å². The number of rotatable bonds is 10. The average molecular weight is 281 g/mol. The van der Waals surface area contributed by atoms with Gasteiger partial charge in [-0.15, -0.1) is 0 Å². The van der Waals surface area contributed by atoms with Crippen molar-refractivity contribution in [2.75, 3.05) is 26.4 Å². The van der Waals surface area contributed by atoms with Gasteiger partial charge in [0.2, 0.25) is 0 Å². The van der Waals surface area contributed by atoms with Crippen molar-refractivity contribution in [3.05, 3.63) is 23.8 Å². The molecule has 0 saturated heterocycles. The zero-order valence-corrected chi connectivity index (χ0v) is 12.8. The van der Waals surface area contributed by atoms with E-state index in [1.54, 1.807) is 0 Å². The molecular weight excluding hydrogens is 254 g/mol. The molecule has 0 unspecified atom stereocenters. The lowest BCUT2D eigenvalue weighted by atomic mass is 10.2. The standard InChI is InChI=1S/C16H27NO3/c1-4-19-16-10-14(12-17-11-13(2)3)6-7-15(16)20-9-5-8-18/h6-7,10,13,17-18H,4-5,8-9,11-12H2,1-3H3. The lowest BCUT2D eigenvalue weighted by Crippen LogP contribution is -2.19. The minimum Gasteiger partial charge on any atom is -0.490 e. The normalized spacial score (nSPS) is 10.8. The first-order valence-corrected chi connectivity index (χ1v) is 7.37. The number of aliphatic hydroxyl groups is 1. The van der Waals surface area contributed by atoms with Crippen LogP contribution >= 0.6 is 0 Å². The number of nitrogens with one attached hydrogen (secondary N) is 1. The van der Waals surface area contributed by atoms with E-state index in [2.05, 4.69) is 19.2 Å². The van der Waals surface area contributed by atoms with Gasteiger partial charge in [0.25, 0.3) is 0 Å². The molecule has 1 aromatic rings. The van der Waals surface area contributed by atoms with Crippen LogP contribution in [-0.2, 0) is 6.54 Å². The van der Waals surface area contributed by atoms with Crippen molar-refractivity contribution in [2.24, 2.45) is 5.92 Å². The van der Waals surface area contributed by atoms with Crippen LogP contribution in [0.1, 0.15) is 32.8 Å². The van der Waals surface area contributed by atoms with Crippen molar-refractivity contribution in [1.29, 1.82) is 0 Å². The Balaban J connectivity index is 2.62. The lowest BCUT2D eigenvalue weighted by molar-refractivity contribution is 0.225. The van der Waals surface area contributed by atoms with Crippen LogP contribution in [0.25, 0.3) is 0 Å². The molecule has 1 rings (SSSR count). The van der Waals surface area contributed by atoms with Crippen molar-refractivity contribution in [1.82, 2.24) is 5.32 Å². The van der Waals surface area contributed by atoms with Crippen LogP contribution in [0.4, 0.5) is 0 Å². The molecule has 1 aromatic carbocycles. The topological polar surface area (TPSA) is 50.7 Å². The zero-order valence-electron chi connectivity index (χ0n) is 12.8. The summed E-state index contributed by atoms with van der Waals surface area (Å²) < 4.78 is 11.2. The summed E-state index contributed by atoms with van der Waals surface area (Å²) in [7, 11) is 0. The summed E-state index contributed by atoms with van der Waals surface area (Å²) in [5.41, 5.74) is 1.18. The smallest absolute Gasteiger partial charge is 0.161 e. The highest BCUT2D eigenvalue weighted by atomic mass is 16.5. The van der Waals surface area contributed by atoms with E-state index in [4.69, 9.17) is 14.6 Å². The molecule has 0 aliphatic carbocycles. The molecule has 4 nitrogen and oxygen atoms in total. The van der Waals surface area contributed by atoms with Crippen LogP contribution < -0.4 is 14.8 Å². The van der Waals surface area contributed by atoms with Gasteiger partial charge in [0.15, 0.2) is 11.5 Å². The quantitative estimate of drug-likeness (QED) is 0.647. The fourth-order valence-electron chi connectivity index (χ4n) is 1.80. The second-order valence-corrected chi connectivity index (χ2v) is 5.16. The maximum atomic E-state index is 8.78. The van der Waals surface area contributed by atoms with Gasteiger partial charge in [-0.05, 0) is 37.1 Å². The molecule has 0 aliphatic rings. The van der Waals surface area contributed by atoms with E-state index in [0.29, 0.717) is 25.6 Å². The van der Waals surface area contributed by atoms with Gasteiger partial charge in [0.05, 0.1) is 13.2 Å². The molecule has 0 spiro atoms. The number of ether oxygens (including phenoxy) is 2. The van der Waals surface area contributed by atoms with Crippen molar-refractivity contribution < 1.29 is 14.6 Å². The Morgan fingerprint density at radius 2 is 2.00 bits per heavy atom. The molecule has 0 aliphatic heterocycles. The maximum Gasteiger partial charge on any atom is 0.161 e. The molecule has 4 heteroatoms. The molecule has 0 bridgehead atoms. The van der Waals surface area contributed by atoms with E-state index < -0.39 is 0 Å². The molecule has 0 saturated carbocycles. The monoisotopic (exact) mass is 281 g/mol. The van der Waals surface area contributed by atoms with E-state index in [0.717, 1.165) is 24.6 Å². The minimum atomic E-state index is 0.140. The van der Waals surface area contributed by atoms with Crippen molar-refractivity contribution in [3.63, 3.8) is 0 Å². The van der Waals surface area contributed by atoms with Gasteiger partial charge in [-0.3, -0.25) is 0 Å². The molecule has 0 heterocycles. The van der Waals surface area contributed by atoms with Gasteiger partial charge < -0.3 is 19.9 Å². The van der Waals surface area contributed by atoms with E-state index >= 15 is 0 Å². The predicted octanol–water partition coefficient (Wildman–Crippen LogP) is 2.59. The molecule has 20 heavy (non-hydrogen) atoms. The molecule has 0 fully saturated rings. The van der Waals surface area contributed by atoms with Crippen molar-refractivity contribution >= 4 is 0 Å². The summed E-state index contributed by atoms with van der Waals surface area (Å²) in [6.07, 6.45) is 0.628. The Labute approximate surface area is 122 Å². The number of benzene rings is 1. The summed E-state index contributed by atoms with van der Waals surface area (Å²) >= 11 is 0. The fraction of sp³-hybridized carbons (Fsp3) is 0.625. The van der Waals surface area contributed by atoms with Crippen LogP contribution in [0.15, 0.2) is 18.2 Å². The summed E-state index contributed by atoms with van der Waals surface area (Å²) in [6.45, 7) is 9.42. The molecule has 2 N–H and O–H groups in total. The molecule has 114 valence electrons. The largest absolute Gasteiger partial charge is 0.490 e. The Morgan fingerprint density at radius 3 is 2.65 bits per heavy atom. The summed E-state index contributed by atoms with van der Waals surface area (Å²) in [6, 6.07) is 6.00. The van der Waals surface area contributed by atoms with Crippen molar-refractivity contribution in [2.45, 2.75) is 33.7 Å². The first-order chi connectivity index (χ1) is 9.67. The van der Waals surface area contributed by atoms with Gasteiger partial charge in [0.1, 0.15) is 0 Å². The van der Waals surface area contributed by atoms with Gasteiger partial charge in [-0.1, -0.05) is 19.9 Å². The van der Waals surface area contributed by atoms with Crippen LogP contribution in [0, 0.1) is 5.92 Å². The molecule has 0 radical (unpaired) electrons. The average Bonchev–Trinajstić information content (AvgIpc) is 2.41. The SMILES string of the molecule is CCOc1cc(CNCC(C)C)ccc1OCCCO. The highest BCUT2D eigenvalue weighted by Gasteiger charge is 2.06. The second-order valence-electron chi connectivity index (χ2n) is 5.16. The minimum absolute atomic E-state index is 0.140. The maximum absolute atomic E-state index is 8.78. The third-order valence-electron chi connectivity index (χ3n) is 2.75. The fourth-order valence-corrected chi connectivity index (χ4v) is 1.80. The Kier molecular flexibility index (Phi) is 8.07. The van der Waals surface area contributed by atoms with Gasteiger partial charge in [-0.2, -0.15) is 0 Å². The lowest BCUT2D eigenvalue weighted by Gasteiger charge is -2.14. The number of hydrogen-bond acceptors (Lipinski definition) is 4. The zero-order chi connectivity index (χ0) is 14.8. The van der Waals surface area contributed by atoms with Crippen LogP contribution in [-0.4, -0.2) is 31.5 Å². The van der Waals surface area contributed by atoms with Crippen molar-refractivity contribution in [3.8, 4) is 11.5 Å². The summed E-state index contributed by atoms with van der Waals surface area (Å²) in [5.74, 6) is 2.16. The van der Waals surface area contributed by atoms with Gasteiger partial charge in [0, 0.05) is 19.6 Å². The third-order valence-corrected chi connectivity index (χ3v) is 2.75. The van der Waals surface area contributed by atoms with Crippen LogP contribution in [0.2, 0.25) is 0 Å². The number of hydrogen-bond donors (Lipinski definition) is 2. The second kappa shape index (κ2) is 9.61. The van der Waals surface area contributed by atoms with Gasteiger partial charge >= 0.3 is 0 Å². The highest BCUT2D eigenvalue weighted by Crippen LogP contribution is 2.28. The summed E-state index contributed by atoms with van der Waals surface area (Å²) in [4.78, 5) is 0. The Bertz CT molecular complexity index is 380. The molecule has 0 aromatic heterocycles. The Hall–Kier alpha value is -1.26. The highest BCUT2D eigenvalue weighted by molar-refractivity contribution is 5.43. The molecule has 0 atom stereocenters. The van der Waals surface area contributed by atoms with E-state index in [9.17, 15) is 0 Å². The predicted molar refractivity (Wildman–Crippen MR) is 81.4 cm³/mol. The van der Waals surface area contributed by atoms with E-state index in [1.165, 1.54) is 5.56 Å². The summed E-state index contributed by atoms with van der Waals surface area (Å²) in [5, 5.41) is 12.2. The first kappa shape index (κ1) is 16.8. The van der Waals surface area contributed by atoms with E-state index in [-0.39, 0.29) is 6.61 Å². The third kappa shape index (κ3) is 6.26.